The number of aromatic hydroxyl groups is 1. The Bertz CT molecular complexity index is 1440. The zero-order chi connectivity index (χ0) is 26.9. The van der Waals surface area contributed by atoms with Crippen molar-refractivity contribution in [1.82, 2.24) is 20.0 Å². The smallest absolute Gasteiger partial charge is 0.413 e. The molecule has 2 aromatic carbocycles. The van der Waals surface area contributed by atoms with Gasteiger partial charge < -0.3 is 10.0 Å². The lowest BCUT2D eigenvalue weighted by atomic mass is 10.0. The van der Waals surface area contributed by atoms with E-state index in [1.54, 1.807) is 0 Å². The number of alkyl halides is 3. The summed E-state index contributed by atoms with van der Waals surface area (Å²) in [7, 11) is 0. The Balaban J connectivity index is 1.48. The van der Waals surface area contributed by atoms with Gasteiger partial charge >= 0.3 is 12.2 Å². The molecule has 1 saturated carbocycles. The SMILES string of the molecule is O=C1N(C(c2ccc(F)cc2F)C(F)(F)F)C(=O)C2(CC2)N1Cc1nnc(-c2ccc(F)c(O)c2F)s1. The fraction of sp³-hybridized carbons (Fsp3) is 0.273. The molecular weight excluding hydrogens is 533 g/mol. The second kappa shape index (κ2) is 8.39. The molecule has 0 bridgehead atoms. The van der Waals surface area contributed by atoms with Crippen LogP contribution in [0.25, 0.3) is 10.6 Å². The van der Waals surface area contributed by atoms with Gasteiger partial charge in [-0.05, 0) is 31.0 Å². The van der Waals surface area contributed by atoms with E-state index in [0.717, 1.165) is 17.0 Å². The average molecular weight is 546 g/mol. The van der Waals surface area contributed by atoms with Gasteiger partial charge in [0.15, 0.2) is 28.4 Å². The number of halogens is 7. The van der Waals surface area contributed by atoms with Crippen molar-refractivity contribution < 1.29 is 45.4 Å². The van der Waals surface area contributed by atoms with Gasteiger partial charge in [-0.3, -0.25) is 4.79 Å². The molecule has 194 valence electrons. The van der Waals surface area contributed by atoms with Crippen LogP contribution in [0.1, 0.15) is 29.5 Å². The molecule has 0 radical (unpaired) electrons. The predicted octanol–water partition coefficient (Wildman–Crippen LogP) is 5.07. The fourth-order valence-electron chi connectivity index (χ4n) is 4.24. The van der Waals surface area contributed by atoms with Crippen LogP contribution in [0.2, 0.25) is 0 Å². The van der Waals surface area contributed by atoms with Crippen LogP contribution in [0.4, 0.5) is 35.5 Å². The van der Waals surface area contributed by atoms with Crippen LogP contribution in [-0.4, -0.2) is 48.8 Å². The van der Waals surface area contributed by atoms with Crippen molar-refractivity contribution in [2.75, 3.05) is 0 Å². The van der Waals surface area contributed by atoms with Crippen LogP contribution in [-0.2, 0) is 11.3 Å². The Morgan fingerprint density at radius 1 is 1.03 bits per heavy atom. The van der Waals surface area contributed by atoms with Crippen molar-refractivity contribution in [3.8, 4) is 16.3 Å². The van der Waals surface area contributed by atoms with Crippen molar-refractivity contribution >= 4 is 23.3 Å². The standard InChI is InChI=1S/C22H13F7N4O3S/c23-9-1-2-10(13(25)7-9)17(22(27,28)29)33-19(35)21(5-6-21)32(20(33)36)8-14-30-31-18(37-14)11-3-4-12(24)16(34)15(11)26/h1-4,7,17,34H,5-6,8H2. The molecule has 37 heavy (non-hydrogen) atoms. The second-order valence-electron chi connectivity index (χ2n) is 8.44. The van der Waals surface area contributed by atoms with Crippen molar-refractivity contribution in [3.05, 3.63) is 64.2 Å². The van der Waals surface area contributed by atoms with Crippen LogP contribution in [0.15, 0.2) is 30.3 Å². The lowest BCUT2D eigenvalue weighted by molar-refractivity contribution is -0.183. The molecule has 1 atom stereocenters. The number of phenolic OH excluding ortho intramolecular Hbond substituents is 1. The number of aromatic nitrogens is 2. The van der Waals surface area contributed by atoms with Crippen molar-refractivity contribution in [3.63, 3.8) is 0 Å². The van der Waals surface area contributed by atoms with Gasteiger partial charge in [-0.25, -0.2) is 27.3 Å². The lowest BCUT2D eigenvalue weighted by Crippen LogP contribution is -2.43. The van der Waals surface area contributed by atoms with Gasteiger partial charge in [-0.15, -0.1) is 10.2 Å². The van der Waals surface area contributed by atoms with Gasteiger partial charge in [0.05, 0.1) is 12.1 Å². The number of phenols is 1. The molecule has 1 unspecified atom stereocenters. The van der Waals surface area contributed by atoms with Gasteiger partial charge in [0.25, 0.3) is 5.91 Å². The van der Waals surface area contributed by atoms with Crippen LogP contribution in [0.3, 0.4) is 0 Å². The van der Waals surface area contributed by atoms with Gasteiger partial charge in [0.2, 0.25) is 0 Å². The highest BCUT2D eigenvalue weighted by atomic mass is 32.1. The zero-order valence-electron chi connectivity index (χ0n) is 18.2. The normalized spacial score (nSPS) is 17.7. The third kappa shape index (κ3) is 3.97. The number of hydrogen-bond donors (Lipinski definition) is 1. The Morgan fingerprint density at radius 3 is 2.35 bits per heavy atom. The number of carbonyl (C=O) groups excluding carboxylic acids is 2. The summed E-state index contributed by atoms with van der Waals surface area (Å²) < 4.78 is 97.5. The molecule has 1 spiro atoms. The summed E-state index contributed by atoms with van der Waals surface area (Å²) in [6.07, 6.45) is -5.21. The van der Waals surface area contributed by atoms with Crippen molar-refractivity contribution in [2.24, 2.45) is 0 Å². The van der Waals surface area contributed by atoms with E-state index in [4.69, 9.17) is 0 Å². The maximum Gasteiger partial charge on any atom is 0.413 e. The lowest BCUT2D eigenvalue weighted by Gasteiger charge is -2.28. The predicted molar refractivity (Wildman–Crippen MR) is 112 cm³/mol. The van der Waals surface area contributed by atoms with Gasteiger partial charge in [-0.1, -0.05) is 17.4 Å². The molecule has 1 aliphatic carbocycles. The van der Waals surface area contributed by atoms with E-state index in [9.17, 15) is 45.4 Å². The second-order valence-corrected chi connectivity index (χ2v) is 9.51. The van der Waals surface area contributed by atoms with Crippen molar-refractivity contribution in [2.45, 2.75) is 37.1 Å². The van der Waals surface area contributed by atoms with E-state index in [1.807, 2.05) is 0 Å². The van der Waals surface area contributed by atoms with Gasteiger partial charge in [-0.2, -0.15) is 13.2 Å². The van der Waals surface area contributed by atoms with E-state index >= 15 is 0 Å². The first-order chi connectivity index (χ1) is 17.3. The summed E-state index contributed by atoms with van der Waals surface area (Å²) in [5.74, 6) is -7.67. The molecule has 3 aromatic rings. The number of carbonyl (C=O) groups is 2. The number of urea groups is 1. The minimum atomic E-state index is -5.28. The Hall–Kier alpha value is -3.75. The Kier molecular flexibility index (Phi) is 5.65. The molecule has 3 amide bonds. The summed E-state index contributed by atoms with van der Waals surface area (Å²) in [6.45, 7) is -0.482. The van der Waals surface area contributed by atoms with E-state index < -0.39 is 70.8 Å². The number of benzene rings is 2. The molecular formula is C22H13F7N4O3S. The summed E-state index contributed by atoms with van der Waals surface area (Å²) >= 11 is 0.706. The highest BCUT2D eigenvalue weighted by Gasteiger charge is 2.68. The van der Waals surface area contributed by atoms with Crippen molar-refractivity contribution in [1.29, 1.82) is 0 Å². The van der Waals surface area contributed by atoms with E-state index in [0.29, 0.717) is 23.5 Å². The first kappa shape index (κ1) is 24.9. The molecule has 1 saturated heterocycles. The van der Waals surface area contributed by atoms with E-state index in [-0.39, 0.29) is 39.4 Å². The fourth-order valence-corrected chi connectivity index (χ4v) is 5.09. The summed E-state index contributed by atoms with van der Waals surface area (Å²) in [4.78, 5) is 27.1. The highest BCUT2D eigenvalue weighted by molar-refractivity contribution is 7.14. The number of amides is 3. The summed E-state index contributed by atoms with van der Waals surface area (Å²) in [5, 5.41) is 16.9. The molecule has 1 aromatic heterocycles. The molecule has 2 fully saturated rings. The first-order valence-electron chi connectivity index (χ1n) is 10.5. The monoisotopic (exact) mass is 546 g/mol. The minimum Gasteiger partial charge on any atom is -0.503 e. The number of nitrogens with zero attached hydrogens (tertiary/aromatic N) is 4. The van der Waals surface area contributed by atoms with Crippen LogP contribution in [0, 0.1) is 23.3 Å². The zero-order valence-corrected chi connectivity index (χ0v) is 19.0. The minimum absolute atomic E-state index is 0.00371. The third-order valence-corrected chi connectivity index (χ3v) is 7.12. The topological polar surface area (TPSA) is 86.6 Å². The number of hydrogen-bond acceptors (Lipinski definition) is 6. The Labute approximate surface area is 206 Å². The molecule has 5 rings (SSSR count). The maximum absolute atomic E-state index is 14.3. The molecule has 2 heterocycles. The first-order valence-corrected chi connectivity index (χ1v) is 11.3. The van der Waals surface area contributed by atoms with E-state index in [1.165, 1.54) is 0 Å². The third-order valence-electron chi connectivity index (χ3n) is 6.18. The molecule has 1 aliphatic heterocycles. The maximum atomic E-state index is 14.3. The summed E-state index contributed by atoms with van der Waals surface area (Å²) in [5.41, 5.74) is -3.02. The highest BCUT2D eigenvalue weighted by Crippen LogP contribution is 2.53. The number of rotatable bonds is 5. The van der Waals surface area contributed by atoms with Gasteiger partial charge in [0.1, 0.15) is 22.2 Å². The average Bonchev–Trinajstić information content (AvgIpc) is 3.45. The molecule has 7 nitrogen and oxygen atoms in total. The van der Waals surface area contributed by atoms with Crippen LogP contribution in [0.5, 0.6) is 5.75 Å². The van der Waals surface area contributed by atoms with E-state index in [2.05, 4.69) is 10.2 Å². The molecule has 15 heteroatoms. The number of imide groups is 1. The quantitative estimate of drug-likeness (QED) is 0.357. The van der Waals surface area contributed by atoms with Crippen LogP contribution >= 0.6 is 11.3 Å². The largest absolute Gasteiger partial charge is 0.503 e. The molecule has 1 N–H and O–H groups in total. The summed E-state index contributed by atoms with van der Waals surface area (Å²) in [6, 6.07) is -1.25. The molecule has 2 aliphatic rings. The van der Waals surface area contributed by atoms with Crippen LogP contribution < -0.4 is 0 Å². The Morgan fingerprint density at radius 2 is 1.73 bits per heavy atom. The van der Waals surface area contributed by atoms with Gasteiger partial charge in [0, 0.05) is 11.6 Å².